The molecule has 8 aromatic rings. The van der Waals surface area contributed by atoms with Crippen molar-refractivity contribution in [1.82, 2.24) is 14.8 Å². The van der Waals surface area contributed by atoms with Gasteiger partial charge in [-0.05, 0) is 53.3 Å². The second-order valence-corrected chi connectivity index (χ2v) is 14.5. The molecule has 0 saturated heterocycles. The van der Waals surface area contributed by atoms with E-state index in [1.807, 2.05) is 11.3 Å². The minimum atomic E-state index is 0.0797. The maximum Gasteiger partial charge on any atom is 0.125 e. The van der Waals surface area contributed by atoms with Gasteiger partial charge in [0.15, 0.2) is 0 Å². The highest BCUT2D eigenvalue weighted by molar-refractivity contribution is 7.27. The van der Waals surface area contributed by atoms with E-state index in [0.29, 0.717) is 5.92 Å². The smallest absolute Gasteiger partial charge is 0.125 e. The maximum atomic E-state index is 3.84. The van der Waals surface area contributed by atoms with Crippen LogP contribution < -0.4 is 5.32 Å². The van der Waals surface area contributed by atoms with Crippen molar-refractivity contribution in [2.75, 3.05) is 0 Å². The molecule has 0 radical (unpaired) electrons. The number of nitrogens with one attached hydrogen (secondary N) is 1. The number of fused-ring (bicyclic) bond motifs is 10. The minimum Gasteiger partial charge on any atom is -0.360 e. The molecule has 0 amide bonds. The monoisotopic (exact) mass is 649 g/mol. The topological polar surface area (TPSA) is 20.2 Å². The zero-order chi connectivity index (χ0) is 32.5. The number of allylic oxidation sites excluding steroid dienone is 3. The summed E-state index contributed by atoms with van der Waals surface area (Å²) in [7, 11) is 0. The predicted molar refractivity (Wildman–Crippen MR) is 208 cm³/mol. The zero-order valence-electron chi connectivity index (χ0n) is 27.3. The van der Waals surface area contributed by atoms with E-state index in [2.05, 4.69) is 174 Å². The lowest BCUT2D eigenvalue weighted by atomic mass is 9.97. The fourth-order valence-corrected chi connectivity index (χ4v) is 9.24. The second-order valence-electron chi connectivity index (χ2n) is 13.5. The van der Waals surface area contributed by atoms with Gasteiger partial charge in [0.05, 0.1) is 16.7 Å². The summed E-state index contributed by atoms with van der Waals surface area (Å²) in [5.41, 5.74) is 8.72. The molecule has 2 aliphatic rings. The highest BCUT2D eigenvalue weighted by Gasteiger charge is 2.27. The molecule has 0 fully saturated rings. The van der Waals surface area contributed by atoms with Gasteiger partial charge in [-0.1, -0.05) is 128 Å². The number of para-hydroxylation sites is 1. The largest absolute Gasteiger partial charge is 0.360 e. The quantitative estimate of drug-likeness (QED) is 0.200. The highest BCUT2D eigenvalue weighted by Crippen LogP contribution is 2.48. The molecule has 0 saturated carbocycles. The summed E-state index contributed by atoms with van der Waals surface area (Å²) >= 11 is 1.91. The van der Waals surface area contributed by atoms with E-state index in [1.54, 1.807) is 0 Å². The molecule has 2 unspecified atom stereocenters. The fraction of sp³-hybridized carbons (Fsp3) is 0.111. The molecule has 1 N–H and O–H groups in total. The number of hydrogen-bond donors (Lipinski definition) is 1. The Balaban J connectivity index is 1.10. The maximum absolute atomic E-state index is 3.84. The van der Waals surface area contributed by atoms with Crippen molar-refractivity contribution in [3.8, 4) is 5.69 Å². The van der Waals surface area contributed by atoms with E-state index >= 15 is 0 Å². The lowest BCUT2D eigenvalue weighted by molar-refractivity contribution is 0.275. The fourth-order valence-electron chi connectivity index (χ4n) is 7.99. The van der Waals surface area contributed by atoms with Crippen LogP contribution in [0.4, 0.5) is 0 Å². The Morgan fingerprint density at radius 2 is 1.43 bits per heavy atom. The molecule has 0 bridgehead atoms. The third kappa shape index (κ3) is 4.55. The van der Waals surface area contributed by atoms with Crippen molar-refractivity contribution < 1.29 is 0 Å². The van der Waals surface area contributed by atoms with Gasteiger partial charge in [-0.2, -0.15) is 0 Å². The molecule has 1 aliphatic carbocycles. The normalized spacial score (nSPS) is 17.8. The Morgan fingerprint density at radius 1 is 0.714 bits per heavy atom. The first kappa shape index (κ1) is 28.4. The minimum absolute atomic E-state index is 0.0797. The van der Waals surface area contributed by atoms with Gasteiger partial charge in [0.1, 0.15) is 6.17 Å². The summed E-state index contributed by atoms with van der Waals surface area (Å²) in [6.07, 6.45) is 10.4. The van der Waals surface area contributed by atoms with Crippen LogP contribution in [0.3, 0.4) is 0 Å². The van der Waals surface area contributed by atoms with E-state index in [0.717, 1.165) is 13.0 Å². The van der Waals surface area contributed by atoms with Crippen LogP contribution in [0.1, 0.15) is 30.6 Å². The van der Waals surface area contributed by atoms with Crippen LogP contribution in [0.2, 0.25) is 0 Å². The molecule has 1 aliphatic heterocycles. The van der Waals surface area contributed by atoms with E-state index in [-0.39, 0.29) is 6.17 Å². The Morgan fingerprint density at radius 3 is 2.22 bits per heavy atom. The first-order valence-electron chi connectivity index (χ1n) is 17.2. The van der Waals surface area contributed by atoms with Gasteiger partial charge in [-0.3, -0.25) is 0 Å². The van der Waals surface area contributed by atoms with Gasteiger partial charge in [-0.15, -0.1) is 11.3 Å². The summed E-state index contributed by atoms with van der Waals surface area (Å²) in [5, 5.41) is 11.8. The van der Waals surface area contributed by atoms with Crippen LogP contribution >= 0.6 is 11.3 Å². The Kier molecular flexibility index (Phi) is 6.53. The molecule has 6 aromatic carbocycles. The second kappa shape index (κ2) is 11.3. The third-order valence-electron chi connectivity index (χ3n) is 10.4. The molecular weight excluding hydrogens is 615 g/mol. The lowest BCUT2D eigenvalue weighted by Gasteiger charge is -2.26. The predicted octanol–water partition coefficient (Wildman–Crippen LogP) is 11.8. The van der Waals surface area contributed by atoms with Crippen LogP contribution in [0.25, 0.3) is 58.4 Å². The number of aromatic nitrogens is 1. The molecular formula is C45H35N3S. The first-order chi connectivity index (χ1) is 24.2. The van der Waals surface area contributed by atoms with Crippen molar-refractivity contribution in [1.29, 1.82) is 0 Å². The summed E-state index contributed by atoms with van der Waals surface area (Å²) in [6.45, 7) is 3.08. The lowest BCUT2D eigenvalue weighted by Crippen LogP contribution is -2.27. The van der Waals surface area contributed by atoms with E-state index in [9.17, 15) is 0 Å². The Hall–Kier alpha value is -5.58. The van der Waals surface area contributed by atoms with Crippen molar-refractivity contribution in [3.05, 3.63) is 174 Å². The Labute approximate surface area is 289 Å². The highest BCUT2D eigenvalue weighted by atomic mass is 32.1. The molecule has 10 rings (SSSR count). The molecule has 2 aromatic heterocycles. The molecule has 2 atom stereocenters. The average molecular weight is 650 g/mol. The molecule has 3 nitrogen and oxygen atoms in total. The zero-order valence-corrected chi connectivity index (χ0v) is 28.1. The van der Waals surface area contributed by atoms with Gasteiger partial charge < -0.3 is 14.8 Å². The van der Waals surface area contributed by atoms with Gasteiger partial charge in [-0.25, -0.2) is 0 Å². The van der Waals surface area contributed by atoms with Crippen LogP contribution in [-0.4, -0.2) is 9.47 Å². The number of nitrogens with zero attached hydrogens (tertiary/aromatic N) is 2. The summed E-state index contributed by atoms with van der Waals surface area (Å²) in [5.74, 6) is 0.591. The number of benzene rings is 6. The number of hydrogen-bond acceptors (Lipinski definition) is 3. The SMILES string of the molecule is CC1C=CC(C2=CN(Cc3ccc(-n4c5ccccc5c5c6c7ccccc7sc6c6ccccc6c54)cc3)C(c3ccccc3)N2)=CC1. The first-order valence-corrected chi connectivity index (χ1v) is 18.0. The van der Waals surface area contributed by atoms with Gasteiger partial charge in [0.2, 0.25) is 0 Å². The van der Waals surface area contributed by atoms with E-state index in [4.69, 9.17) is 0 Å². The summed E-state index contributed by atoms with van der Waals surface area (Å²) in [4.78, 5) is 2.44. The van der Waals surface area contributed by atoms with Crippen LogP contribution in [0.15, 0.2) is 163 Å². The van der Waals surface area contributed by atoms with Gasteiger partial charge >= 0.3 is 0 Å². The summed E-state index contributed by atoms with van der Waals surface area (Å²) < 4.78 is 5.20. The molecule has 236 valence electrons. The standard InChI is InChI=1S/C45H35N3S/c1-29-19-23-31(24-20-29)38-28-47(45(46-38)32-11-3-2-4-12-32)27-30-21-25-33(26-22-30)48-39-17-9-7-15-36(39)41-42-37-16-8-10-18-40(37)49-44(42)35-14-6-5-13-34(35)43(41)48/h2-19,21-26,28-29,45-46H,20,27H2,1H3. The number of thiophene rings is 1. The van der Waals surface area contributed by atoms with Gasteiger partial charge in [0.25, 0.3) is 0 Å². The number of rotatable bonds is 5. The molecule has 0 spiro atoms. The van der Waals surface area contributed by atoms with Crippen LogP contribution in [0.5, 0.6) is 0 Å². The van der Waals surface area contributed by atoms with Crippen molar-refractivity contribution in [2.24, 2.45) is 5.92 Å². The molecule has 4 heteroatoms. The van der Waals surface area contributed by atoms with Crippen molar-refractivity contribution >= 4 is 64.1 Å². The van der Waals surface area contributed by atoms with Crippen molar-refractivity contribution in [2.45, 2.75) is 26.1 Å². The molecule has 3 heterocycles. The van der Waals surface area contributed by atoms with E-state index in [1.165, 1.54) is 80.8 Å². The van der Waals surface area contributed by atoms with Crippen LogP contribution in [0, 0.1) is 5.92 Å². The summed E-state index contributed by atoms with van der Waals surface area (Å²) in [6, 6.07) is 46.8. The average Bonchev–Trinajstić information content (AvgIpc) is 3.85. The third-order valence-corrected chi connectivity index (χ3v) is 11.6. The van der Waals surface area contributed by atoms with Crippen LogP contribution in [-0.2, 0) is 6.54 Å². The molecule has 49 heavy (non-hydrogen) atoms. The van der Waals surface area contributed by atoms with Crippen molar-refractivity contribution in [3.63, 3.8) is 0 Å². The van der Waals surface area contributed by atoms with Gasteiger partial charge in [0, 0.05) is 60.1 Å². The Bertz CT molecular complexity index is 2650. The van der Waals surface area contributed by atoms with E-state index < -0.39 is 0 Å².